The molecule has 0 aliphatic rings. The number of carbonyl (C=O) groups excluding carboxylic acids is 1. The van der Waals surface area contributed by atoms with Crippen LogP contribution >= 0.6 is 35.0 Å². The fourth-order valence-electron chi connectivity index (χ4n) is 3.14. The van der Waals surface area contributed by atoms with Gasteiger partial charge in [-0.3, -0.25) is 4.79 Å². The highest BCUT2D eigenvalue weighted by atomic mass is 35.5. The van der Waals surface area contributed by atoms with Gasteiger partial charge >= 0.3 is 0 Å². The van der Waals surface area contributed by atoms with Crippen LogP contribution in [0, 0.1) is 22.7 Å². The molecule has 1 amide bonds. The van der Waals surface area contributed by atoms with Gasteiger partial charge in [0.15, 0.2) is 0 Å². The normalized spacial score (nSPS) is 10.3. The molecule has 2 aromatic carbocycles. The Labute approximate surface area is 206 Å². The maximum atomic E-state index is 12.3. The van der Waals surface area contributed by atoms with E-state index in [4.69, 9.17) is 28.9 Å². The highest BCUT2D eigenvalue weighted by Gasteiger charge is 2.20. The van der Waals surface area contributed by atoms with E-state index in [1.807, 2.05) is 31.2 Å². The van der Waals surface area contributed by atoms with Crippen LogP contribution in [0.3, 0.4) is 0 Å². The first kappa shape index (κ1) is 24.4. The number of thioether (sulfide) groups is 1. The van der Waals surface area contributed by atoms with Crippen molar-refractivity contribution in [3.05, 3.63) is 69.2 Å². The molecule has 0 fully saturated rings. The monoisotopic (exact) mass is 495 g/mol. The van der Waals surface area contributed by atoms with Gasteiger partial charge in [-0.25, -0.2) is 4.98 Å². The average Bonchev–Trinajstić information content (AvgIpc) is 2.80. The number of aromatic nitrogens is 1. The molecule has 0 aliphatic heterocycles. The van der Waals surface area contributed by atoms with Gasteiger partial charge in [0, 0.05) is 22.8 Å². The Morgan fingerprint density at radius 3 is 2.42 bits per heavy atom. The molecule has 0 atom stereocenters. The number of nitrogens with one attached hydrogen (secondary N) is 1. The van der Waals surface area contributed by atoms with E-state index in [9.17, 15) is 15.3 Å². The number of rotatable bonds is 7. The number of carbonyl (C=O) groups is 1. The van der Waals surface area contributed by atoms with Crippen molar-refractivity contribution in [2.75, 3.05) is 16.8 Å². The summed E-state index contributed by atoms with van der Waals surface area (Å²) >= 11 is 13.2. The highest BCUT2D eigenvalue weighted by Crippen LogP contribution is 2.36. The predicted octanol–water partition coefficient (Wildman–Crippen LogP) is 6.06. The first-order valence-electron chi connectivity index (χ1n) is 9.98. The van der Waals surface area contributed by atoms with Crippen LogP contribution in [0.5, 0.6) is 0 Å². The van der Waals surface area contributed by atoms with Gasteiger partial charge in [-0.15, -0.1) is 11.8 Å². The van der Waals surface area contributed by atoms with Crippen LogP contribution < -0.4 is 11.1 Å². The minimum Gasteiger partial charge on any atom is -0.383 e. The highest BCUT2D eigenvalue weighted by molar-refractivity contribution is 7.99. The van der Waals surface area contributed by atoms with E-state index in [0.717, 1.165) is 12.0 Å². The maximum Gasteiger partial charge on any atom is 0.225 e. The third-order valence-electron chi connectivity index (χ3n) is 4.84. The molecule has 3 N–H and O–H groups in total. The number of nitrogens with zero attached hydrogens (tertiary/aromatic N) is 3. The molecule has 0 spiro atoms. The van der Waals surface area contributed by atoms with E-state index in [0.29, 0.717) is 37.6 Å². The summed E-state index contributed by atoms with van der Waals surface area (Å²) in [7, 11) is 0. The molecule has 3 rings (SSSR count). The first-order chi connectivity index (χ1) is 15.9. The summed E-state index contributed by atoms with van der Waals surface area (Å²) in [4.78, 5) is 16.6. The third kappa shape index (κ3) is 5.77. The molecule has 0 saturated carbocycles. The van der Waals surface area contributed by atoms with Gasteiger partial charge < -0.3 is 11.1 Å². The minimum absolute atomic E-state index is 0.0472. The van der Waals surface area contributed by atoms with Crippen LogP contribution in [0.4, 0.5) is 11.5 Å². The maximum absolute atomic E-state index is 12.3. The van der Waals surface area contributed by atoms with Crippen molar-refractivity contribution in [1.29, 1.82) is 10.5 Å². The second-order valence-electron chi connectivity index (χ2n) is 6.97. The molecule has 166 valence electrons. The zero-order chi connectivity index (χ0) is 24.0. The topological polar surface area (TPSA) is 116 Å². The van der Waals surface area contributed by atoms with Crippen molar-refractivity contribution in [2.45, 2.75) is 24.8 Å². The number of nitrogens with two attached hydrogens (primary N) is 1. The van der Waals surface area contributed by atoms with E-state index >= 15 is 0 Å². The molecular weight excluding hydrogens is 477 g/mol. The van der Waals surface area contributed by atoms with Gasteiger partial charge in [0.05, 0.1) is 16.3 Å². The Kier molecular flexibility index (Phi) is 8.19. The Bertz CT molecular complexity index is 1280. The lowest BCUT2D eigenvalue weighted by molar-refractivity contribution is -0.115. The largest absolute Gasteiger partial charge is 0.383 e. The SMILES string of the molecule is CCc1ccc(-c2c(C#N)c(N)nc(SCCC(=O)Nc3ccc(Cl)cc3Cl)c2C#N)cc1. The summed E-state index contributed by atoms with van der Waals surface area (Å²) in [6.07, 6.45) is 1.02. The summed E-state index contributed by atoms with van der Waals surface area (Å²) in [5, 5.41) is 23.4. The Morgan fingerprint density at radius 2 is 1.82 bits per heavy atom. The lowest BCUT2D eigenvalue weighted by Gasteiger charge is -2.13. The van der Waals surface area contributed by atoms with Crippen molar-refractivity contribution in [2.24, 2.45) is 0 Å². The van der Waals surface area contributed by atoms with E-state index in [-0.39, 0.29) is 29.3 Å². The molecule has 6 nitrogen and oxygen atoms in total. The van der Waals surface area contributed by atoms with Crippen LogP contribution in [-0.2, 0) is 11.2 Å². The van der Waals surface area contributed by atoms with Crippen molar-refractivity contribution >= 4 is 52.4 Å². The number of anilines is 2. The molecule has 1 heterocycles. The van der Waals surface area contributed by atoms with Crippen LogP contribution in [0.25, 0.3) is 11.1 Å². The number of benzene rings is 2. The molecule has 0 saturated heterocycles. The number of nitriles is 2. The van der Waals surface area contributed by atoms with E-state index in [1.54, 1.807) is 18.2 Å². The van der Waals surface area contributed by atoms with Gasteiger partial charge in [-0.05, 0) is 35.7 Å². The molecule has 0 radical (unpaired) electrons. The smallest absolute Gasteiger partial charge is 0.225 e. The van der Waals surface area contributed by atoms with Gasteiger partial charge in [-0.1, -0.05) is 54.4 Å². The zero-order valence-corrected chi connectivity index (χ0v) is 20.0. The van der Waals surface area contributed by atoms with Gasteiger partial charge in [0.2, 0.25) is 5.91 Å². The summed E-state index contributed by atoms with van der Waals surface area (Å²) < 4.78 is 0. The molecule has 0 aliphatic carbocycles. The number of hydrogen-bond acceptors (Lipinski definition) is 6. The van der Waals surface area contributed by atoms with E-state index in [2.05, 4.69) is 22.4 Å². The summed E-state index contributed by atoms with van der Waals surface area (Å²) in [5.41, 5.74) is 9.25. The minimum atomic E-state index is -0.248. The third-order valence-corrected chi connectivity index (χ3v) is 6.36. The van der Waals surface area contributed by atoms with Crippen molar-refractivity contribution in [3.63, 3.8) is 0 Å². The number of aryl methyl sites for hydroxylation is 1. The molecular formula is C24H19Cl2N5OS. The van der Waals surface area contributed by atoms with Crippen LogP contribution in [0.2, 0.25) is 10.0 Å². The van der Waals surface area contributed by atoms with Gasteiger partial charge in [0.1, 0.15) is 28.5 Å². The van der Waals surface area contributed by atoms with Crippen LogP contribution in [-0.4, -0.2) is 16.6 Å². The molecule has 0 unspecified atom stereocenters. The Hall–Kier alpha value is -3.23. The molecule has 9 heteroatoms. The Morgan fingerprint density at radius 1 is 1.12 bits per heavy atom. The predicted molar refractivity (Wildman–Crippen MR) is 133 cm³/mol. The van der Waals surface area contributed by atoms with Gasteiger partial charge in [-0.2, -0.15) is 10.5 Å². The average molecular weight is 496 g/mol. The summed E-state index contributed by atoms with van der Waals surface area (Å²) in [6.45, 7) is 2.05. The summed E-state index contributed by atoms with van der Waals surface area (Å²) in [6, 6.07) is 16.7. The van der Waals surface area contributed by atoms with Crippen molar-refractivity contribution in [1.82, 2.24) is 4.98 Å². The number of amides is 1. The van der Waals surface area contributed by atoms with Crippen molar-refractivity contribution < 1.29 is 4.79 Å². The fourth-order valence-corrected chi connectivity index (χ4v) is 4.53. The number of pyridine rings is 1. The summed E-state index contributed by atoms with van der Waals surface area (Å²) in [5.74, 6) is 0.145. The molecule has 3 aromatic rings. The molecule has 0 bridgehead atoms. The lowest BCUT2D eigenvalue weighted by Crippen LogP contribution is -2.12. The molecule has 33 heavy (non-hydrogen) atoms. The van der Waals surface area contributed by atoms with Gasteiger partial charge in [0.25, 0.3) is 0 Å². The quantitative estimate of drug-likeness (QED) is 0.384. The number of nitrogen functional groups attached to an aromatic ring is 1. The second-order valence-corrected chi connectivity index (χ2v) is 8.90. The fraction of sp³-hybridized carbons (Fsp3) is 0.167. The Balaban J connectivity index is 1.81. The molecule has 1 aromatic heterocycles. The first-order valence-corrected chi connectivity index (χ1v) is 11.7. The number of hydrogen-bond donors (Lipinski definition) is 2. The standard InChI is InChI=1S/C24H19Cl2N5OS/c1-2-14-3-5-15(6-4-14)22-17(12-27)23(29)31-24(18(22)13-28)33-10-9-21(32)30-20-8-7-16(25)11-19(20)26/h3-8,11H,2,9-10H2,1H3,(H2,29,31)(H,30,32). The lowest BCUT2D eigenvalue weighted by atomic mass is 9.96. The second kappa shape index (κ2) is 11.1. The van der Waals surface area contributed by atoms with Crippen LogP contribution in [0.1, 0.15) is 30.0 Å². The van der Waals surface area contributed by atoms with Crippen molar-refractivity contribution in [3.8, 4) is 23.3 Å². The van der Waals surface area contributed by atoms with Crippen LogP contribution in [0.15, 0.2) is 47.5 Å². The van der Waals surface area contributed by atoms with E-state index < -0.39 is 0 Å². The number of halogens is 2. The van der Waals surface area contributed by atoms with E-state index in [1.165, 1.54) is 11.8 Å². The zero-order valence-electron chi connectivity index (χ0n) is 17.7.